The molecule has 0 bridgehead atoms. The van der Waals surface area contributed by atoms with Gasteiger partial charge in [-0.15, -0.1) is 11.3 Å². The Morgan fingerprint density at radius 1 is 1.33 bits per heavy atom. The van der Waals surface area contributed by atoms with Gasteiger partial charge in [-0.2, -0.15) is 4.99 Å². The lowest BCUT2D eigenvalue weighted by molar-refractivity contribution is -0.122. The van der Waals surface area contributed by atoms with Crippen LogP contribution in [-0.2, 0) is 4.79 Å². The van der Waals surface area contributed by atoms with E-state index in [-0.39, 0.29) is 5.91 Å². The molecule has 24 heavy (non-hydrogen) atoms. The van der Waals surface area contributed by atoms with E-state index in [1.54, 1.807) is 4.90 Å². The molecule has 0 spiro atoms. The van der Waals surface area contributed by atoms with Crippen molar-refractivity contribution in [3.8, 4) is 0 Å². The van der Waals surface area contributed by atoms with E-state index in [1.165, 1.54) is 23.1 Å². The Bertz CT molecular complexity index is 840. The monoisotopic (exact) mass is 421 g/mol. The molecule has 0 saturated carbocycles. The first-order chi connectivity index (χ1) is 11.5. The number of aromatic nitrogens is 1. The summed E-state index contributed by atoms with van der Waals surface area (Å²) in [6.45, 7) is 6.46. The van der Waals surface area contributed by atoms with Crippen LogP contribution >= 0.6 is 39.0 Å². The van der Waals surface area contributed by atoms with Crippen molar-refractivity contribution >= 4 is 60.8 Å². The topological polar surface area (TPSA) is 45.6 Å². The molecule has 0 unspecified atom stereocenters. The van der Waals surface area contributed by atoms with Gasteiger partial charge in [0.25, 0.3) is 5.91 Å². The van der Waals surface area contributed by atoms with Gasteiger partial charge >= 0.3 is 0 Å². The Labute approximate surface area is 157 Å². The molecule has 3 rings (SSSR count). The number of allylic oxidation sites excluding steroid dienone is 1. The molecule has 1 aromatic heterocycles. The number of aliphatic imine (C=N–C) groups is 1. The molecule has 1 aromatic carbocycles. The molecule has 1 amide bonds. The van der Waals surface area contributed by atoms with Gasteiger partial charge in [-0.25, -0.2) is 4.98 Å². The summed E-state index contributed by atoms with van der Waals surface area (Å²) in [5, 5.41) is 3.34. The highest BCUT2D eigenvalue weighted by Gasteiger charge is 2.34. The van der Waals surface area contributed by atoms with Crippen molar-refractivity contribution in [2.24, 2.45) is 4.99 Å². The highest BCUT2D eigenvalue weighted by molar-refractivity contribution is 9.10. The lowest BCUT2D eigenvalue weighted by Gasteiger charge is -2.11. The van der Waals surface area contributed by atoms with Crippen molar-refractivity contribution in [2.45, 2.75) is 20.8 Å². The van der Waals surface area contributed by atoms with Crippen molar-refractivity contribution in [3.05, 3.63) is 50.3 Å². The Balaban J connectivity index is 1.98. The van der Waals surface area contributed by atoms with E-state index in [9.17, 15) is 4.79 Å². The highest BCUT2D eigenvalue weighted by Crippen LogP contribution is 2.38. The highest BCUT2D eigenvalue weighted by atomic mass is 79.9. The minimum Gasteiger partial charge on any atom is -0.287 e. The minimum atomic E-state index is 0.00921. The molecular weight excluding hydrogens is 406 g/mol. The van der Waals surface area contributed by atoms with Crippen LogP contribution in [-0.4, -0.2) is 27.5 Å². The second kappa shape index (κ2) is 7.21. The third kappa shape index (κ3) is 3.48. The van der Waals surface area contributed by atoms with E-state index in [2.05, 4.69) is 25.9 Å². The number of likely N-dealkylation sites (N-methyl/N-ethyl adjacent to an activating group) is 1. The summed E-state index contributed by atoms with van der Waals surface area (Å²) in [6, 6.07) is 7.98. The maximum atomic E-state index is 12.8. The molecule has 1 saturated heterocycles. The van der Waals surface area contributed by atoms with Crippen molar-refractivity contribution in [1.82, 2.24) is 9.88 Å². The van der Waals surface area contributed by atoms with E-state index in [4.69, 9.17) is 0 Å². The van der Waals surface area contributed by atoms with Gasteiger partial charge in [0.15, 0.2) is 5.17 Å². The summed E-state index contributed by atoms with van der Waals surface area (Å²) in [5.41, 5.74) is 2.95. The number of halogens is 1. The Morgan fingerprint density at radius 3 is 2.62 bits per heavy atom. The zero-order chi connectivity index (χ0) is 17.3. The molecule has 2 aromatic rings. The number of thioether (sulfide) groups is 1. The van der Waals surface area contributed by atoms with Gasteiger partial charge in [0.2, 0.25) is 5.13 Å². The summed E-state index contributed by atoms with van der Waals surface area (Å²) in [6.07, 6.45) is 0. The Kier molecular flexibility index (Phi) is 5.22. The van der Waals surface area contributed by atoms with Gasteiger partial charge in [-0.05, 0) is 55.8 Å². The van der Waals surface area contributed by atoms with Crippen LogP contribution in [0.5, 0.6) is 0 Å². The summed E-state index contributed by atoms with van der Waals surface area (Å²) in [4.78, 5) is 24.1. The molecule has 4 nitrogen and oxygen atoms in total. The van der Waals surface area contributed by atoms with Crippen LogP contribution in [0.15, 0.2) is 44.0 Å². The van der Waals surface area contributed by atoms with Gasteiger partial charge in [-0.3, -0.25) is 9.69 Å². The fraction of sp³-hybridized carbons (Fsp3) is 0.235. The number of thiazole rings is 1. The number of nitrogens with zero attached hydrogens (tertiary/aromatic N) is 3. The number of carbonyl (C=O) groups excluding carboxylic acids is 1. The standard InChI is InChI=1S/C17H16BrN3OS2/c1-4-21-15(22)14(11(3)12-5-7-13(18)8-6-12)24-17(21)20-16-19-10(2)9-23-16/h5-9H,4H2,1-3H3/b14-11-,20-17+. The number of benzene rings is 1. The maximum absolute atomic E-state index is 12.8. The molecule has 2 heterocycles. The number of amides is 1. The van der Waals surface area contributed by atoms with Crippen LogP contribution in [0.25, 0.3) is 5.57 Å². The van der Waals surface area contributed by atoms with E-state index in [1.807, 2.05) is 50.4 Å². The van der Waals surface area contributed by atoms with Crippen molar-refractivity contribution in [2.75, 3.05) is 6.54 Å². The van der Waals surface area contributed by atoms with Gasteiger partial charge in [0, 0.05) is 16.4 Å². The fourth-order valence-corrected chi connectivity index (χ4v) is 4.40. The van der Waals surface area contributed by atoms with E-state index in [0.29, 0.717) is 16.8 Å². The van der Waals surface area contributed by atoms with E-state index < -0.39 is 0 Å². The second-order valence-electron chi connectivity index (χ2n) is 5.28. The number of carbonyl (C=O) groups is 1. The minimum absolute atomic E-state index is 0.00921. The lowest BCUT2D eigenvalue weighted by Crippen LogP contribution is -2.28. The predicted molar refractivity (Wildman–Crippen MR) is 106 cm³/mol. The first-order valence-corrected chi connectivity index (χ1v) is 9.96. The van der Waals surface area contributed by atoms with E-state index in [0.717, 1.165) is 26.2 Å². The largest absolute Gasteiger partial charge is 0.287 e. The van der Waals surface area contributed by atoms with Crippen molar-refractivity contribution in [1.29, 1.82) is 0 Å². The maximum Gasteiger partial charge on any atom is 0.267 e. The third-order valence-corrected chi connectivity index (χ3v) is 6.16. The quantitative estimate of drug-likeness (QED) is 0.637. The van der Waals surface area contributed by atoms with Crippen molar-refractivity contribution < 1.29 is 4.79 Å². The first kappa shape index (κ1) is 17.4. The van der Waals surface area contributed by atoms with Crippen LogP contribution in [0, 0.1) is 6.92 Å². The molecule has 1 fully saturated rings. The number of hydrogen-bond donors (Lipinski definition) is 0. The average Bonchev–Trinajstić information content (AvgIpc) is 3.11. The molecule has 7 heteroatoms. The molecule has 1 aliphatic heterocycles. The number of aryl methyl sites for hydroxylation is 1. The molecule has 0 aliphatic carbocycles. The smallest absolute Gasteiger partial charge is 0.267 e. The normalized spacial score (nSPS) is 18.6. The molecule has 0 N–H and O–H groups in total. The van der Waals surface area contributed by atoms with Gasteiger partial charge in [0.05, 0.1) is 10.6 Å². The van der Waals surface area contributed by atoms with Crippen LogP contribution in [0.1, 0.15) is 25.1 Å². The molecular formula is C17H16BrN3OS2. The molecule has 0 radical (unpaired) electrons. The average molecular weight is 422 g/mol. The van der Waals surface area contributed by atoms with Gasteiger partial charge in [0.1, 0.15) is 0 Å². The van der Waals surface area contributed by atoms with Crippen LogP contribution in [0.4, 0.5) is 5.13 Å². The summed E-state index contributed by atoms with van der Waals surface area (Å²) >= 11 is 6.35. The van der Waals surface area contributed by atoms with Crippen LogP contribution < -0.4 is 0 Å². The lowest BCUT2D eigenvalue weighted by atomic mass is 10.1. The SMILES string of the molecule is CCN1C(=O)/C(=C(\C)c2ccc(Br)cc2)S/C1=N/c1nc(C)cs1. The van der Waals surface area contributed by atoms with E-state index >= 15 is 0 Å². The summed E-state index contributed by atoms with van der Waals surface area (Å²) in [5.74, 6) is 0.00921. The Hall–Kier alpha value is -1.44. The number of amidine groups is 1. The predicted octanol–water partition coefficient (Wildman–Crippen LogP) is 5.23. The molecule has 0 atom stereocenters. The third-order valence-electron chi connectivity index (χ3n) is 3.60. The first-order valence-electron chi connectivity index (χ1n) is 7.47. The number of rotatable bonds is 3. The van der Waals surface area contributed by atoms with Crippen LogP contribution in [0.2, 0.25) is 0 Å². The van der Waals surface area contributed by atoms with Crippen LogP contribution in [0.3, 0.4) is 0 Å². The molecule has 124 valence electrons. The molecule has 1 aliphatic rings. The summed E-state index contributed by atoms with van der Waals surface area (Å²) < 4.78 is 1.02. The summed E-state index contributed by atoms with van der Waals surface area (Å²) in [7, 11) is 0. The zero-order valence-electron chi connectivity index (χ0n) is 13.5. The van der Waals surface area contributed by atoms with Crippen molar-refractivity contribution in [3.63, 3.8) is 0 Å². The zero-order valence-corrected chi connectivity index (χ0v) is 16.8. The Morgan fingerprint density at radius 2 is 2.04 bits per heavy atom. The fourth-order valence-electron chi connectivity index (χ4n) is 2.30. The van der Waals surface area contributed by atoms with Gasteiger partial charge < -0.3 is 0 Å². The van der Waals surface area contributed by atoms with Gasteiger partial charge in [-0.1, -0.05) is 28.1 Å². The second-order valence-corrected chi connectivity index (χ2v) is 8.01. The number of hydrogen-bond acceptors (Lipinski definition) is 5.